The van der Waals surface area contributed by atoms with Crippen molar-refractivity contribution in [3.05, 3.63) is 44.4 Å². The average Bonchev–Trinajstić information content (AvgIpc) is 3.48. The molecule has 38 heavy (non-hydrogen) atoms. The first kappa shape index (κ1) is 26.9. The summed E-state index contributed by atoms with van der Waals surface area (Å²) in [6.07, 6.45) is 2.93. The van der Waals surface area contributed by atoms with Gasteiger partial charge < -0.3 is 29.0 Å². The molecule has 3 heterocycles. The number of esters is 1. The summed E-state index contributed by atoms with van der Waals surface area (Å²) < 4.78 is 23.4. The van der Waals surface area contributed by atoms with Gasteiger partial charge in [-0.15, -0.1) is 0 Å². The number of amides is 1. The van der Waals surface area contributed by atoms with Gasteiger partial charge in [0.2, 0.25) is 0 Å². The number of nitrogens with zero attached hydrogens (tertiary/aromatic N) is 1. The second-order valence-electron chi connectivity index (χ2n) is 10.5. The normalized spacial score (nSPS) is 20.7. The lowest BCUT2D eigenvalue weighted by molar-refractivity contribution is 0.0453. The number of fused-ring (bicyclic) bond motifs is 4. The summed E-state index contributed by atoms with van der Waals surface area (Å²) in [5, 5.41) is 11.2. The molecule has 0 radical (unpaired) electrons. The van der Waals surface area contributed by atoms with Gasteiger partial charge in [-0.3, -0.25) is 0 Å². The molecule has 0 aliphatic carbocycles. The molecule has 3 aliphatic heterocycles. The number of benzene rings is 2. The Hall–Kier alpha value is -2.68. The molecule has 1 atom stereocenters. The number of methoxy groups -OCH3 is 1. The lowest BCUT2D eigenvalue weighted by Gasteiger charge is -2.27. The first-order chi connectivity index (χ1) is 18.1. The number of halogens is 2. The third-order valence-corrected chi connectivity index (χ3v) is 8.59. The van der Waals surface area contributed by atoms with Crippen LogP contribution >= 0.6 is 23.2 Å². The molecular formula is C28H31Cl2NO7. The average molecular weight is 564 g/mol. The third kappa shape index (κ3) is 4.56. The van der Waals surface area contributed by atoms with Crippen molar-refractivity contribution in [2.24, 2.45) is 5.92 Å². The highest BCUT2D eigenvalue weighted by atomic mass is 35.5. The van der Waals surface area contributed by atoms with Crippen molar-refractivity contribution in [1.82, 2.24) is 4.90 Å². The molecule has 2 saturated heterocycles. The van der Waals surface area contributed by atoms with Crippen LogP contribution in [0.15, 0.2) is 12.1 Å². The van der Waals surface area contributed by atoms with Gasteiger partial charge in [0.1, 0.15) is 23.7 Å². The predicted molar refractivity (Wildman–Crippen MR) is 142 cm³/mol. The maximum atomic E-state index is 13.3. The summed E-state index contributed by atoms with van der Waals surface area (Å²) in [4.78, 5) is 28.3. The van der Waals surface area contributed by atoms with Crippen LogP contribution < -0.4 is 14.2 Å². The van der Waals surface area contributed by atoms with Crippen molar-refractivity contribution >= 4 is 35.3 Å². The Morgan fingerprint density at radius 1 is 1.13 bits per heavy atom. The van der Waals surface area contributed by atoms with Crippen LogP contribution in [0.1, 0.15) is 79.1 Å². The van der Waals surface area contributed by atoms with Crippen LogP contribution in [0.4, 0.5) is 4.79 Å². The summed E-state index contributed by atoms with van der Waals surface area (Å²) in [7, 11) is 1.41. The Bertz CT molecular complexity index is 1270. The molecular weight excluding hydrogens is 533 g/mol. The van der Waals surface area contributed by atoms with Gasteiger partial charge in [-0.2, -0.15) is 0 Å². The number of carbonyl (C=O) groups excluding carboxylic acids is 2. The molecule has 204 valence electrons. The van der Waals surface area contributed by atoms with Gasteiger partial charge in [0.25, 0.3) is 0 Å². The summed E-state index contributed by atoms with van der Waals surface area (Å²) in [6, 6.07) is 3.51. The minimum absolute atomic E-state index is 0.0149. The summed E-state index contributed by atoms with van der Waals surface area (Å²) in [5.41, 5.74) is 1.27. The molecule has 1 N–H and O–H groups in total. The van der Waals surface area contributed by atoms with Gasteiger partial charge in [0.15, 0.2) is 11.5 Å². The van der Waals surface area contributed by atoms with Crippen LogP contribution in [0.3, 0.4) is 0 Å². The number of ether oxygens (including phenoxy) is 4. The summed E-state index contributed by atoms with van der Waals surface area (Å²) in [5.74, 6) is -0.119. The van der Waals surface area contributed by atoms with E-state index in [2.05, 4.69) is 0 Å². The molecule has 0 spiro atoms. The molecule has 8 nitrogen and oxygen atoms in total. The third-order valence-electron chi connectivity index (χ3n) is 7.63. The van der Waals surface area contributed by atoms with E-state index in [4.69, 9.17) is 42.1 Å². The van der Waals surface area contributed by atoms with Crippen molar-refractivity contribution in [2.75, 3.05) is 7.11 Å². The minimum atomic E-state index is -0.861. The topological polar surface area (TPSA) is 94.5 Å². The number of rotatable bonds is 5. The van der Waals surface area contributed by atoms with Gasteiger partial charge >= 0.3 is 12.1 Å². The van der Waals surface area contributed by atoms with Crippen LogP contribution in [0.5, 0.6) is 23.0 Å². The van der Waals surface area contributed by atoms with Gasteiger partial charge in [0.05, 0.1) is 28.8 Å². The summed E-state index contributed by atoms with van der Waals surface area (Å²) >= 11 is 13.3. The fourth-order valence-corrected chi connectivity index (χ4v) is 6.25. The second kappa shape index (κ2) is 10.5. The van der Waals surface area contributed by atoms with Crippen LogP contribution in [0.2, 0.25) is 10.0 Å². The van der Waals surface area contributed by atoms with Gasteiger partial charge in [-0.1, -0.05) is 37.0 Å². The highest BCUT2D eigenvalue weighted by Crippen LogP contribution is 2.51. The Morgan fingerprint density at radius 2 is 1.79 bits per heavy atom. The van der Waals surface area contributed by atoms with Crippen molar-refractivity contribution in [1.29, 1.82) is 0 Å². The fourth-order valence-electron chi connectivity index (χ4n) is 5.74. The van der Waals surface area contributed by atoms with Crippen molar-refractivity contribution < 1.29 is 33.6 Å². The maximum Gasteiger partial charge on any atom is 0.415 e. The van der Waals surface area contributed by atoms with Gasteiger partial charge in [-0.05, 0) is 62.6 Å². The van der Waals surface area contributed by atoms with Gasteiger partial charge in [0, 0.05) is 17.6 Å². The van der Waals surface area contributed by atoms with E-state index >= 15 is 0 Å². The molecule has 10 heteroatoms. The van der Waals surface area contributed by atoms with E-state index in [-0.39, 0.29) is 63.2 Å². The van der Waals surface area contributed by atoms with Crippen LogP contribution in [0, 0.1) is 12.8 Å². The van der Waals surface area contributed by atoms with E-state index in [1.165, 1.54) is 7.11 Å². The van der Waals surface area contributed by atoms with Crippen molar-refractivity contribution in [3.8, 4) is 23.0 Å². The molecule has 2 fully saturated rings. The van der Waals surface area contributed by atoms with Crippen LogP contribution in [-0.4, -0.2) is 41.3 Å². The zero-order chi connectivity index (χ0) is 27.3. The Labute approximate surface area is 231 Å². The standard InChI is InChI=1S/C28H31Cl2NO7/c1-13(2)11-19(32)17-9-10-20-21(24(17)35-4)27(33)36-12-18-22(29)14(3)23(30)26(25(18)37-20)38-28(34)31-15-5-6-16(31)8-7-15/h9-10,13,15-16,19,32H,5-8,11-12H2,1-4H3/t15?,16?,19-/m0/s1. The van der Waals surface area contributed by atoms with Crippen LogP contribution in [-0.2, 0) is 11.3 Å². The minimum Gasteiger partial charge on any atom is -0.495 e. The Balaban J connectivity index is 1.60. The number of carbonyl (C=O) groups is 2. The number of aliphatic hydroxyl groups is 1. The number of hydrogen-bond donors (Lipinski definition) is 1. The fraction of sp³-hybridized carbons (Fsp3) is 0.500. The Morgan fingerprint density at radius 3 is 2.39 bits per heavy atom. The summed E-state index contributed by atoms with van der Waals surface area (Å²) in [6.45, 7) is 5.43. The largest absolute Gasteiger partial charge is 0.495 e. The Kier molecular flexibility index (Phi) is 7.42. The molecule has 3 aliphatic rings. The van der Waals surface area contributed by atoms with E-state index < -0.39 is 18.2 Å². The molecule has 2 bridgehead atoms. The molecule has 0 saturated carbocycles. The molecule has 2 aromatic rings. The van der Waals surface area contributed by atoms with E-state index in [1.54, 1.807) is 24.0 Å². The van der Waals surface area contributed by atoms with E-state index in [0.717, 1.165) is 25.7 Å². The molecule has 0 aromatic heterocycles. The monoisotopic (exact) mass is 563 g/mol. The first-order valence-corrected chi connectivity index (χ1v) is 13.6. The predicted octanol–water partition coefficient (Wildman–Crippen LogP) is 6.98. The number of cyclic esters (lactones) is 1. The van der Waals surface area contributed by atoms with Crippen molar-refractivity contribution in [2.45, 2.75) is 77.7 Å². The second-order valence-corrected chi connectivity index (χ2v) is 11.3. The smallest absolute Gasteiger partial charge is 0.415 e. The van der Waals surface area contributed by atoms with E-state index in [9.17, 15) is 14.7 Å². The zero-order valence-corrected chi connectivity index (χ0v) is 23.3. The van der Waals surface area contributed by atoms with Crippen molar-refractivity contribution in [3.63, 3.8) is 0 Å². The number of aliphatic hydroxyl groups excluding tert-OH is 1. The molecule has 1 amide bonds. The number of hydrogen-bond acceptors (Lipinski definition) is 7. The highest BCUT2D eigenvalue weighted by molar-refractivity contribution is 6.38. The molecule has 2 aromatic carbocycles. The molecule has 0 unspecified atom stereocenters. The lowest BCUT2D eigenvalue weighted by Crippen LogP contribution is -2.37. The van der Waals surface area contributed by atoms with E-state index in [0.29, 0.717) is 23.1 Å². The van der Waals surface area contributed by atoms with Gasteiger partial charge in [-0.25, -0.2) is 9.59 Å². The quantitative estimate of drug-likeness (QED) is 0.392. The SMILES string of the molecule is COc1c([C@@H](O)CC(C)C)ccc2c1C(=O)OCc1c(Cl)c(C)c(Cl)c(OC(=O)N3C4CCC3CC4)c1O2. The van der Waals surface area contributed by atoms with Crippen LogP contribution in [0.25, 0.3) is 0 Å². The zero-order valence-electron chi connectivity index (χ0n) is 21.8. The van der Waals surface area contributed by atoms with E-state index in [1.807, 2.05) is 13.8 Å². The maximum absolute atomic E-state index is 13.3. The lowest BCUT2D eigenvalue weighted by atomic mass is 9.96. The highest BCUT2D eigenvalue weighted by Gasteiger charge is 2.44. The first-order valence-electron chi connectivity index (χ1n) is 12.9. The molecule has 5 rings (SSSR count).